The molecule has 11 heteroatoms. The summed E-state index contributed by atoms with van der Waals surface area (Å²) in [6, 6.07) is -1.17. The lowest BCUT2D eigenvalue weighted by Crippen LogP contribution is -2.60. The van der Waals surface area contributed by atoms with Crippen molar-refractivity contribution in [3.63, 3.8) is 0 Å². The van der Waals surface area contributed by atoms with Crippen LogP contribution >= 0.6 is 0 Å². The first-order valence-electron chi connectivity index (χ1n) is 31.1. The fourth-order valence-corrected chi connectivity index (χ4v) is 10.3. The highest BCUT2D eigenvalue weighted by Gasteiger charge is 2.44. The van der Waals surface area contributed by atoms with Gasteiger partial charge in [0.1, 0.15) is 36.6 Å². The van der Waals surface area contributed by atoms with E-state index >= 15 is 0 Å². The fourth-order valence-electron chi connectivity index (χ4n) is 10.3. The number of nitrogens with one attached hydrogen (secondary N) is 1. The maximum atomic E-state index is 13.2. The largest absolute Gasteiger partial charge is 0.394 e. The number of rotatable bonds is 54. The molecule has 1 aliphatic heterocycles. The van der Waals surface area contributed by atoms with E-state index < -0.39 is 74.2 Å². The molecule has 0 spiro atoms. The Morgan fingerprint density at radius 1 is 0.472 bits per heavy atom. The third kappa shape index (κ3) is 38.4. The molecular weight excluding hydrogens is 907 g/mol. The van der Waals surface area contributed by atoms with Gasteiger partial charge in [-0.2, -0.15) is 0 Å². The van der Waals surface area contributed by atoms with E-state index in [1.54, 1.807) is 0 Å². The van der Waals surface area contributed by atoms with Gasteiger partial charge < -0.3 is 50.5 Å². The zero-order valence-corrected chi connectivity index (χ0v) is 46.9. The molecule has 1 fully saturated rings. The fraction of sp³-hybridized carbons (Fsp3) is 0.951. The molecule has 8 N–H and O–H groups in total. The normalized spacial score (nSPS) is 20.0. The third-order valence-electron chi connectivity index (χ3n) is 15.3. The zero-order chi connectivity index (χ0) is 52.5. The Morgan fingerprint density at radius 3 is 1.17 bits per heavy atom. The van der Waals surface area contributed by atoms with E-state index in [4.69, 9.17) is 9.47 Å². The predicted octanol–water partition coefficient (Wildman–Crippen LogP) is 13.5. The Bertz CT molecular complexity index is 1180. The molecule has 1 rings (SSSR count). The van der Waals surface area contributed by atoms with Gasteiger partial charge in [-0.3, -0.25) is 4.79 Å². The van der Waals surface area contributed by atoms with E-state index in [0.717, 1.165) is 51.4 Å². The molecule has 1 heterocycles. The van der Waals surface area contributed by atoms with E-state index in [-0.39, 0.29) is 6.42 Å². The zero-order valence-electron chi connectivity index (χ0n) is 46.9. The van der Waals surface area contributed by atoms with Crippen molar-refractivity contribution >= 4 is 5.91 Å². The second-order valence-electron chi connectivity index (χ2n) is 22.1. The quantitative estimate of drug-likeness (QED) is 0.0215. The number of allylic oxidation sites excluding steroid dienone is 2. The highest BCUT2D eigenvalue weighted by molar-refractivity contribution is 5.80. The molecule has 0 aromatic heterocycles. The number of aliphatic hydroxyl groups excluding tert-OH is 7. The summed E-state index contributed by atoms with van der Waals surface area (Å²) in [4.78, 5) is 13.2. The van der Waals surface area contributed by atoms with Gasteiger partial charge in [0, 0.05) is 0 Å². The molecule has 428 valence electrons. The summed E-state index contributed by atoms with van der Waals surface area (Å²) in [6.45, 7) is 3.48. The van der Waals surface area contributed by atoms with Crippen LogP contribution in [0.4, 0.5) is 0 Å². The van der Waals surface area contributed by atoms with Crippen LogP contribution in [0.15, 0.2) is 12.2 Å². The van der Waals surface area contributed by atoms with Crippen LogP contribution < -0.4 is 5.32 Å². The maximum Gasteiger partial charge on any atom is 0.249 e. The number of carbonyl (C=O) groups excluding carboxylic acids is 1. The minimum absolute atomic E-state index is 0.249. The lowest BCUT2D eigenvalue weighted by atomic mass is 9.98. The van der Waals surface area contributed by atoms with Gasteiger partial charge >= 0.3 is 0 Å². The molecular formula is C61H119NO10. The number of carbonyl (C=O) groups is 1. The summed E-state index contributed by atoms with van der Waals surface area (Å²) in [5, 5.41) is 76.2. The second-order valence-corrected chi connectivity index (χ2v) is 22.1. The minimum Gasteiger partial charge on any atom is -0.394 e. The molecule has 11 nitrogen and oxygen atoms in total. The highest BCUT2D eigenvalue weighted by Crippen LogP contribution is 2.24. The summed E-state index contributed by atoms with van der Waals surface area (Å²) < 4.78 is 11.2. The van der Waals surface area contributed by atoms with Crippen molar-refractivity contribution in [1.82, 2.24) is 5.32 Å². The number of ether oxygens (including phenoxy) is 2. The standard InChI is InChI=1S/C61H119NO10/c1-3-5-7-9-11-13-15-17-19-20-21-22-23-24-25-26-27-28-29-30-31-32-33-35-36-38-40-42-44-46-48-53(64)56(66)52(51-71-61-59(69)58(68)57(67)55(50-63)72-61)62-60(70)54(65)49-47-45-43-41-39-37-34-18-16-14-12-10-8-6-4-2/h34,37,52-59,61,63-69H,3-33,35-36,38-51H2,1-2H3,(H,62,70)/b37-34-. The molecule has 0 radical (unpaired) electrons. The first-order valence-corrected chi connectivity index (χ1v) is 31.1. The van der Waals surface area contributed by atoms with Gasteiger partial charge in [-0.05, 0) is 38.5 Å². The monoisotopic (exact) mass is 1030 g/mol. The van der Waals surface area contributed by atoms with Crippen LogP contribution in [0.25, 0.3) is 0 Å². The molecule has 9 atom stereocenters. The van der Waals surface area contributed by atoms with Crippen molar-refractivity contribution in [3.05, 3.63) is 12.2 Å². The SMILES string of the molecule is CCCCCCCCC/C=C\CCCCCCC(O)C(=O)NC(COC1OC(CO)C(O)C(O)C1O)C(O)C(O)CCCCCCCCCCCCCCCCCCCCCCCCCCCCCCCC. The van der Waals surface area contributed by atoms with E-state index in [0.29, 0.717) is 19.3 Å². The smallest absolute Gasteiger partial charge is 0.249 e. The first-order chi connectivity index (χ1) is 35.2. The summed E-state index contributed by atoms with van der Waals surface area (Å²) in [5.41, 5.74) is 0. The minimum atomic E-state index is -1.66. The van der Waals surface area contributed by atoms with E-state index in [2.05, 4.69) is 31.3 Å². The molecule has 0 saturated carbocycles. The van der Waals surface area contributed by atoms with Crippen molar-refractivity contribution in [1.29, 1.82) is 0 Å². The van der Waals surface area contributed by atoms with Gasteiger partial charge in [0.2, 0.25) is 5.91 Å². The van der Waals surface area contributed by atoms with Crippen LogP contribution in [-0.4, -0.2) is 110 Å². The van der Waals surface area contributed by atoms with Crippen molar-refractivity contribution in [2.45, 2.75) is 358 Å². The lowest BCUT2D eigenvalue weighted by Gasteiger charge is -2.40. The molecule has 0 aromatic carbocycles. The number of hydrogen-bond acceptors (Lipinski definition) is 10. The molecule has 72 heavy (non-hydrogen) atoms. The topological polar surface area (TPSA) is 189 Å². The van der Waals surface area contributed by atoms with Gasteiger partial charge in [0.25, 0.3) is 0 Å². The van der Waals surface area contributed by atoms with Crippen molar-refractivity contribution in [2.75, 3.05) is 13.2 Å². The molecule has 9 unspecified atom stereocenters. The van der Waals surface area contributed by atoms with Crippen LogP contribution in [0.5, 0.6) is 0 Å². The Labute approximate surface area is 442 Å². The predicted molar refractivity (Wildman–Crippen MR) is 298 cm³/mol. The van der Waals surface area contributed by atoms with Crippen molar-refractivity contribution < 1.29 is 50.0 Å². The average molecular weight is 1030 g/mol. The number of aliphatic hydroxyl groups is 7. The Balaban J connectivity index is 2.21. The van der Waals surface area contributed by atoms with Gasteiger partial charge in [-0.15, -0.1) is 0 Å². The third-order valence-corrected chi connectivity index (χ3v) is 15.3. The van der Waals surface area contributed by atoms with Crippen LogP contribution in [0.3, 0.4) is 0 Å². The Hall–Kier alpha value is -1.15. The molecule has 0 aliphatic carbocycles. The van der Waals surface area contributed by atoms with Gasteiger partial charge in [0.05, 0.1) is 25.4 Å². The van der Waals surface area contributed by atoms with Crippen LogP contribution in [0.1, 0.15) is 303 Å². The van der Waals surface area contributed by atoms with E-state index in [1.165, 1.54) is 212 Å². The van der Waals surface area contributed by atoms with E-state index in [9.17, 15) is 40.5 Å². The van der Waals surface area contributed by atoms with Crippen LogP contribution in [-0.2, 0) is 14.3 Å². The molecule has 0 aromatic rings. The van der Waals surface area contributed by atoms with Crippen LogP contribution in [0, 0.1) is 0 Å². The average Bonchev–Trinajstić information content (AvgIpc) is 3.38. The number of amides is 1. The molecule has 1 aliphatic rings. The van der Waals surface area contributed by atoms with Gasteiger partial charge in [-0.1, -0.05) is 276 Å². The van der Waals surface area contributed by atoms with Gasteiger partial charge in [0.15, 0.2) is 6.29 Å². The van der Waals surface area contributed by atoms with Crippen molar-refractivity contribution in [3.8, 4) is 0 Å². The molecule has 0 bridgehead atoms. The Kier molecular flexibility index (Phi) is 48.4. The summed E-state index contributed by atoms with van der Waals surface area (Å²) in [6.07, 6.45) is 48.6. The lowest BCUT2D eigenvalue weighted by molar-refractivity contribution is -0.303. The molecule has 1 saturated heterocycles. The number of hydrogen-bond donors (Lipinski definition) is 8. The highest BCUT2D eigenvalue weighted by atomic mass is 16.7. The Morgan fingerprint density at radius 2 is 0.806 bits per heavy atom. The van der Waals surface area contributed by atoms with E-state index in [1.807, 2.05) is 0 Å². The summed E-state index contributed by atoms with van der Waals surface area (Å²) >= 11 is 0. The van der Waals surface area contributed by atoms with Gasteiger partial charge in [-0.25, -0.2) is 0 Å². The first kappa shape index (κ1) is 68.9. The second kappa shape index (κ2) is 50.7. The number of unbranched alkanes of at least 4 members (excludes halogenated alkanes) is 40. The summed E-state index contributed by atoms with van der Waals surface area (Å²) in [7, 11) is 0. The summed E-state index contributed by atoms with van der Waals surface area (Å²) in [5.74, 6) is -0.701. The van der Waals surface area contributed by atoms with Crippen LogP contribution in [0.2, 0.25) is 0 Å². The van der Waals surface area contributed by atoms with Crippen molar-refractivity contribution in [2.24, 2.45) is 0 Å². The maximum absolute atomic E-state index is 13.2. The molecule has 1 amide bonds.